The first-order valence-corrected chi connectivity index (χ1v) is 5.15. The highest BCUT2D eigenvalue weighted by Crippen LogP contribution is 2.29. The molecule has 0 spiro atoms. The molecule has 15 heavy (non-hydrogen) atoms. The summed E-state index contributed by atoms with van der Waals surface area (Å²) < 4.78 is 25.7. The summed E-state index contributed by atoms with van der Waals surface area (Å²) in [5.74, 6) is -1.14. The molecule has 0 aliphatic rings. The van der Waals surface area contributed by atoms with Crippen LogP contribution in [-0.2, 0) is 11.2 Å². The van der Waals surface area contributed by atoms with Crippen molar-refractivity contribution in [2.75, 3.05) is 0 Å². The number of hydrogen-bond donors (Lipinski definition) is 1. The quantitative estimate of drug-likeness (QED) is 0.868. The Labute approximate surface area is 98.7 Å². The van der Waals surface area contributed by atoms with E-state index < -0.39 is 18.8 Å². The number of nitrogens with zero attached hydrogens (tertiary/aromatic N) is 1. The molecule has 0 atom stereocenters. The first-order chi connectivity index (χ1) is 6.93. The summed E-state index contributed by atoms with van der Waals surface area (Å²) in [7, 11) is 0. The van der Waals surface area contributed by atoms with Gasteiger partial charge in [-0.1, -0.05) is 0 Å². The highest BCUT2D eigenvalue weighted by molar-refractivity contribution is 14.1. The van der Waals surface area contributed by atoms with Crippen LogP contribution in [-0.4, -0.2) is 16.1 Å². The van der Waals surface area contributed by atoms with Gasteiger partial charge < -0.3 is 5.11 Å². The van der Waals surface area contributed by atoms with E-state index >= 15 is 0 Å². The van der Waals surface area contributed by atoms with Crippen LogP contribution in [0.25, 0.3) is 0 Å². The number of carboxylic acid groups (broad SMARTS) is 1. The maximum Gasteiger partial charge on any atom is 0.307 e. The number of aromatic nitrogens is 1. The van der Waals surface area contributed by atoms with Gasteiger partial charge >= 0.3 is 5.97 Å². The van der Waals surface area contributed by atoms with E-state index in [9.17, 15) is 13.6 Å². The summed E-state index contributed by atoms with van der Waals surface area (Å²) in [6.07, 6.45) is -1.77. The molecule has 6 heteroatoms. The monoisotopic (exact) mass is 327 g/mol. The molecular formula is C9H8F2INO2. The average molecular weight is 327 g/mol. The van der Waals surface area contributed by atoms with E-state index in [4.69, 9.17) is 5.11 Å². The summed E-state index contributed by atoms with van der Waals surface area (Å²) in [5.41, 5.74) is 0.239. The second-order valence-electron chi connectivity index (χ2n) is 2.95. The van der Waals surface area contributed by atoms with Crippen LogP contribution in [0.1, 0.15) is 23.2 Å². The fraction of sp³-hybridized carbons (Fsp3) is 0.333. The molecule has 1 aromatic heterocycles. The first kappa shape index (κ1) is 12.3. The average Bonchev–Trinajstić information content (AvgIpc) is 2.10. The third-order valence-electron chi connectivity index (χ3n) is 1.94. The Morgan fingerprint density at radius 3 is 2.73 bits per heavy atom. The lowest BCUT2D eigenvalue weighted by molar-refractivity contribution is -0.136. The van der Waals surface area contributed by atoms with E-state index in [1.54, 1.807) is 22.6 Å². The highest BCUT2D eigenvalue weighted by atomic mass is 127. The van der Waals surface area contributed by atoms with Crippen molar-refractivity contribution in [1.82, 2.24) is 4.98 Å². The van der Waals surface area contributed by atoms with E-state index in [0.29, 0.717) is 9.26 Å². The van der Waals surface area contributed by atoms with E-state index in [1.165, 1.54) is 13.1 Å². The van der Waals surface area contributed by atoms with Crippen LogP contribution >= 0.6 is 22.6 Å². The fourth-order valence-corrected chi connectivity index (χ4v) is 1.95. The zero-order chi connectivity index (χ0) is 11.6. The van der Waals surface area contributed by atoms with E-state index in [-0.39, 0.29) is 11.1 Å². The minimum Gasteiger partial charge on any atom is -0.481 e. The molecule has 0 amide bonds. The zero-order valence-electron chi connectivity index (χ0n) is 7.80. The number of aryl methyl sites for hydroxylation is 1. The van der Waals surface area contributed by atoms with Crippen molar-refractivity contribution < 1.29 is 18.7 Å². The predicted molar refractivity (Wildman–Crippen MR) is 58.0 cm³/mol. The van der Waals surface area contributed by atoms with Crippen molar-refractivity contribution >= 4 is 28.6 Å². The number of halogens is 3. The van der Waals surface area contributed by atoms with Gasteiger partial charge in [0.25, 0.3) is 6.43 Å². The van der Waals surface area contributed by atoms with Crippen LogP contribution in [0.2, 0.25) is 0 Å². The van der Waals surface area contributed by atoms with Crippen LogP contribution < -0.4 is 0 Å². The lowest BCUT2D eigenvalue weighted by atomic mass is 10.0. The van der Waals surface area contributed by atoms with Crippen molar-refractivity contribution in [2.45, 2.75) is 19.8 Å². The summed E-state index contributed by atoms with van der Waals surface area (Å²) in [6, 6.07) is 0. The fourth-order valence-electron chi connectivity index (χ4n) is 1.25. The van der Waals surface area contributed by atoms with Gasteiger partial charge in [0.1, 0.15) is 0 Å². The molecular weight excluding hydrogens is 319 g/mol. The lowest BCUT2D eigenvalue weighted by Gasteiger charge is -2.11. The molecule has 0 fully saturated rings. The van der Waals surface area contributed by atoms with Gasteiger partial charge in [-0.05, 0) is 35.1 Å². The summed E-state index contributed by atoms with van der Waals surface area (Å²) in [4.78, 5) is 14.4. The SMILES string of the molecule is Cc1ncc(I)c(C(F)F)c1CC(=O)O. The molecule has 0 aliphatic carbocycles. The van der Waals surface area contributed by atoms with Crippen molar-refractivity contribution in [3.05, 3.63) is 26.6 Å². The van der Waals surface area contributed by atoms with Crippen LogP contribution in [0.3, 0.4) is 0 Å². The molecule has 0 bridgehead atoms. The number of rotatable bonds is 3. The Bertz CT molecular complexity index is 396. The normalized spacial score (nSPS) is 10.7. The maximum absolute atomic E-state index is 12.7. The van der Waals surface area contributed by atoms with E-state index in [0.717, 1.165) is 0 Å². The largest absolute Gasteiger partial charge is 0.481 e. The number of hydrogen-bond acceptors (Lipinski definition) is 2. The Kier molecular flexibility index (Phi) is 3.95. The van der Waals surface area contributed by atoms with Gasteiger partial charge in [-0.2, -0.15) is 0 Å². The van der Waals surface area contributed by atoms with Crippen LogP contribution in [0.15, 0.2) is 6.20 Å². The Morgan fingerprint density at radius 1 is 1.67 bits per heavy atom. The molecule has 1 N–H and O–H groups in total. The Balaban J connectivity index is 3.31. The molecule has 0 unspecified atom stereocenters. The van der Waals surface area contributed by atoms with E-state index in [1.807, 2.05) is 0 Å². The molecule has 1 rings (SSSR count). The number of alkyl halides is 2. The number of carbonyl (C=O) groups is 1. The molecule has 0 radical (unpaired) electrons. The van der Waals surface area contributed by atoms with Gasteiger partial charge in [-0.15, -0.1) is 0 Å². The topological polar surface area (TPSA) is 50.2 Å². The smallest absolute Gasteiger partial charge is 0.307 e. The van der Waals surface area contributed by atoms with Crippen LogP contribution in [0.4, 0.5) is 8.78 Å². The second kappa shape index (κ2) is 4.82. The molecule has 0 saturated carbocycles. The first-order valence-electron chi connectivity index (χ1n) is 4.07. The molecule has 0 saturated heterocycles. The minimum absolute atomic E-state index is 0.115. The van der Waals surface area contributed by atoms with Gasteiger partial charge in [0.2, 0.25) is 0 Å². The second-order valence-corrected chi connectivity index (χ2v) is 4.12. The zero-order valence-corrected chi connectivity index (χ0v) is 9.96. The van der Waals surface area contributed by atoms with Gasteiger partial charge in [-0.3, -0.25) is 9.78 Å². The lowest BCUT2D eigenvalue weighted by Crippen LogP contribution is -2.09. The Hall–Kier alpha value is -0.790. The molecule has 0 aromatic carbocycles. The molecule has 0 aliphatic heterocycles. The summed E-state index contributed by atoms with van der Waals surface area (Å²) >= 11 is 1.73. The Morgan fingerprint density at radius 2 is 2.27 bits per heavy atom. The molecule has 1 heterocycles. The summed E-state index contributed by atoms with van der Waals surface area (Å²) in [6.45, 7) is 1.53. The molecule has 82 valence electrons. The van der Waals surface area contributed by atoms with Gasteiger partial charge in [0.15, 0.2) is 0 Å². The van der Waals surface area contributed by atoms with E-state index in [2.05, 4.69) is 4.98 Å². The van der Waals surface area contributed by atoms with Crippen LogP contribution in [0.5, 0.6) is 0 Å². The van der Waals surface area contributed by atoms with Gasteiger partial charge in [-0.25, -0.2) is 8.78 Å². The third kappa shape index (κ3) is 2.83. The minimum atomic E-state index is -2.67. The summed E-state index contributed by atoms with van der Waals surface area (Å²) in [5, 5.41) is 8.61. The molecule has 1 aromatic rings. The van der Waals surface area contributed by atoms with Crippen LogP contribution in [0, 0.1) is 10.5 Å². The van der Waals surface area contributed by atoms with Crippen molar-refractivity contribution in [1.29, 1.82) is 0 Å². The van der Waals surface area contributed by atoms with Crippen molar-refractivity contribution in [2.24, 2.45) is 0 Å². The van der Waals surface area contributed by atoms with Gasteiger partial charge in [0.05, 0.1) is 6.42 Å². The standard InChI is InChI=1S/C9H8F2INO2/c1-4-5(2-7(14)15)8(9(10)11)6(12)3-13-4/h3,9H,2H2,1H3,(H,14,15). The maximum atomic E-state index is 12.7. The third-order valence-corrected chi connectivity index (χ3v) is 2.80. The highest BCUT2D eigenvalue weighted by Gasteiger charge is 2.20. The number of carboxylic acids is 1. The number of aliphatic carboxylic acids is 1. The predicted octanol–water partition coefficient (Wildman–Crippen LogP) is 2.56. The molecule has 3 nitrogen and oxygen atoms in total. The van der Waals surface area contributed by atoms with Crippen molar-refractivity contribution in [3.8, 4) is 0 Å². The van der Waals surface area contributed by atoms with Gasteiger partial charge in [0, 0.05) is 21.0 Å². The van der Waals surface area contributed by atoms with Crippen molar-refractivity contribution in [3.63, 3.8) is 0 Å². The number of pyridine rings is 1.